The van der Waals surface area contributed by atoms with Gasteiger partial charge in [0.15, 0.2) is 0 Å². The third kappa shape index (κ3) is 1.85. The molecule has 5 nitrogen and oxygen atoms in total. The number of aryl methyl sites for hydroxylation is 1. The first kappa shape index (κ1) is 9.39. The third-order valence-electron chi connectivity index (χ3n) is 2.01. The molecule has 2 heterocycles. The largest absolute Gasteiger partial charge is 0.478 e. The molecule has 0 radical (unpaired) electrons. The van der Waals surface area contributed by atoms with E-state index >= 15 is 0 Å². The maximum absolute atomic E-state index is 10.7. The lowest BCUT2D eigenvalue weighted by atomic mass is 10.2. The summed E-state index contributed by atoms with van der Waals surface area (Å²) in [5.41, 5.74) is 1.65. The Labute approximate surface area is 86.0 Å². The highest BCUT2D eigenvalue weighted by Gasteiger charge is 2.06. The van der Waals surface area contributed by atoms with Crippen LogP contribution in [0.5, 0.6) is 0 Å². The summed E-state index contributed by atoms with van der Waals surface area (Å²) in [6.45, 7) is 0. The highest BCUT2D eigenvalue weighted by Crippen LogP contribution is 2.16. The Morgan fingerprint density at radius 3 is 2.93 bits per heavy atom. The number of carbonyl (C=O) groups is 1. The molecule has 15 heavy (non-hydrogen) atoms. The zero-order valence-electron chi connectivity index (χ0n) is 8.08. The molecule has 76 valence electrons. The molecule has 0 bridgehead atoms. The normalized spacial score (nSPS) is 10.2. The minimum absolute atomic E-state index is 0.226. The van der Waals surface area contributed by atoms with E-state index in [1.807, 2.05) is 0 Å². The lowest BCUT2D eigenvalue weighted by Crippen LogP contribution is -1.96. The van der Waals surface area contributed by atoms with E-state index in [0.29, 0.717) is 5.69 Å². The van der Waals surface area contributed by atoms with Crippen molar-refractivity contribution in [3.63, 3.8) is 0 Å². The van der Waals surface area contributed by atoms with Gasteiger partial charge in [-0.3, -0.25) is 9.67 Å². The predicted octanol–water partition coefficient (Wildman–Crippen LogP) is 1.18. The summed E-state index contributed by atoms with van der Waals surface area (Å²) >= 11 is 0. The number of aromatic nitrogens is 3. The summed E-state index contributed by atoms with van der Waals surface area (Å²) in [7, 11) is 1.80. The van der Waals surface area contributed by atoms with Crippen molar-refractivity contribution in [3.05, 3.63) is 36.3 Å². The Balaban J connectivity index is 2.45. The second kappa shape index (κ2) is 3.53. The molecule has 0 amide bonds. The van der Waals surface area contributed by atoms with E-state index in [1.165, 1.54) is 18.3 Å². The van der Waals surface area contributed by atoms with E-state index in [4.69, 9.17) is 5.11 Å². The molecule has 2 rings (SSSR count). The van der Waals surface area contributed by atoms with Gasteiger partial charge in [0.25, 0.3) is 0 Å². The van der Waals surface area contributed by atoms with Crippen LogP contribution in [-0.4, -0.2) is 25.8 Å². The number of aromatic carboxylic acids is 1. The number of pyridine rings is 1. The van der Waals surface area contributed by atoms with Crippen molar-refractivity contribution in [2.75, 3.05) is 0 Å². The van der Waals surface area contributed by atoms with Crippen LogP contribution >= 0.6 is 0 Å². The summed E-state index contributed by atoms with van der Waals surface area (Å²) in [5, 5.41) is 12.8. The lowest BCUT2D eigenvalue weighted by molar-refractivity contribution is 0.0697. The average Bonchev–Trinajstić information content (AvgIpc) is 2.65. The molecule has 1 N–H and O–H groups in total. The van der Waals surface area contributed by atoms with Gasteiger partial charge in [0.05, 0.1) is 17.5 Å². The first-order valence-corrected chi connectivity index (χ1v) is 4.35. The van der Waals surface area contributed by atoms with Gasteiger partial charge in [-0.25, -0.2) is 4.79 Å². The van der Waals surface area contributed by atoms with Crippen molar-refractivity contribution in [3.8, 4) is 11.3 Å². The van der Waals surface area contributed by atoms with Gasteiger partial charge in [-0.2, -0.15) is 5.10 Å². The Morgan fingerprint density at radius 1 is 1.53 bits per heavy atom. The van der Waals surface area contributed by atoms with E-state index < -0.39 is 5.97 Å². The summed E-state index contributed by atoms with van der Waals surface area (Å²) in [4.78, 5) is 14.8. The molecule has 0 aromatic carbocycles. The molecule has 0 fully saturated rings. The minimum Gasteiger partial charge on any atom is -0.478 e. The van der Waals surface area contributed by atoms with Crippen LogP contribution in [0, 0.1) is 0 Å². The first-order valence-electron chi connectivity index (χ1n) is 4.35. The Kier molecular flexibility index (Phi) is 2.21. The van der Waals surface area contributed by atoms with Crippen molar-refractivity contribution in [1.29, 1.82) is 0 Å². The SMILES string of the molecule is Cn1cc(-c2cc(C(=O)O)ccn2)cn1. The highest BCUT2D eigenvalue weighted by molar-refractivity contribution is 5.88. The minimum atomic E-state index is -0.956. The fraction of sp³-hybridized carbons (Fsp3) is 0.100. The molecule has 0 atom stereocenters. The molecular formula is C10H9N3O2. The van der Waals surface area contributed by atoms with Crippen LogP contribution in [0.25, 0.3) is 11.3 Å². The van der Waals surface area contributed by atoms with Gasteiger partial charge in [0.2, 0.25) is 0 Å². The number of rotatable bonds is 2. The molecule has 0 aliphatic carbocycles. The molecule has 2 aromatic heterocycles. The van der Waals surface area contributed by atoms with E-state index in [0.717, 1.165) is 5.56 Å². The first-order chi connectivity index (χ1) is 7.16. The van der Waals surface area contributed by atoms with Gasteiger partial charge < -0.3 is 5.11 Å². The van der Waals surface area contributed by atoms with Crippen molar-refractivity contribution < 1.29 is 9.90 Å². The van der Waals surface area contributed by atoms with Crippen LogP contribution in [0.15, 0.2) is 30.7 Å². The van der Waals surface area contributed by atoms with Crippen LogP contribution in [0.4, 0.5) is 0 Å². The second-order valence-corrected chi connectivity index (χ2v) is 3.14. The van der Waals surface area contributed by atoms with Crippen LogP contribution in [0.3, 0.4) is 0 Å². The van der Waals surface area contributed by atoms with Gasteiger partial charge in [-0.15, -0.1) is 0 Å². The summed E-state index contributed by atoms with van der Waals surface area (Å²) < 4.78 is 1.64. The van der Waals surface area contributed by atoms with Gasteiger partial charge in [0, 0.05) is 25.0 Å². The second-order valence-electron chi connectivity index (χ2n) is 3.14. The third-order valence-corrected chi connectivity index (χ3v) is 2.01. The summed E-state index contributed by atoms with van der Waals surface area (Å²) in [6.07, 6.45) is 4.91. The molecule has 0 aliphatic heterocycles. The van der Waals surface area contributed by atoms with Gasteiger partial charge >= 0.3 is 5.97 Å². The van der Waals surface area contributed by atoms with Gasteiger partial charge in [-0.05, 0) is 12.1 Å². The number of nitrogens with zero attached hydrogens (tertiary/aromatic N) is 3. The molecule has 0 aliphatic rings. The van der Waals surface area contributed by atoms with Gasteiger partial charge in [-0.1, -0.05) is 0 Å². The van der Waals surface area contributed by atoms with Gasteiger partial charge in [0.1, 0.15) is 0 Å². The van der Waals surface area contributed by atoms with E-state index in [2.05, 4.69) is 10.1 Å². The maximum atomic E-state index is 10.7. The Hall–Kier alpha value is -2.17. The van der Waals surface area contributed by atoms with Crippen LogP contribution in [0.2, 0.25) is 0 Å². The summed E-state index contributed by atoms with van der Waals surface area (Å²) in [6, 6.07) is 2.99. The number of hydrogen-bond donors (Lipinski definition) is 1. The van der Waals surface area contributed by atoms with Crippen LogP contribution in [-0.2, 0) is 7.05 Å². The molecule has 0 spiro atoms. The van der Waals surface area contributed by atoms with Crippen molar-refractivity contribution in [1.82, 2.24) is 14.8 Å². The van der Waals surface area contributed by atoms with Crippen molar-refractivity contribution >= 4 is 5.97 Å². The van der Waals surface area contributed by atoms with E-state index in [1.54, 1.807) is 24.1 Å². The molecule has 0 unspecified atom stereocenters. The van der Waals surface area contributed by atoms with Crippen LogP contribution < -0.4 is 0 Å². The van der Waals surface area contributed by atoms with Crippen molar-refractivity contribution in [2.24, 2.45) is 7.05 Å². The highest BCUT2D eigenvalue weighted by atomic mass is 16.4. The predicted molar refractivity (Wildman–Crippen MR) is 53.4 cm³/mol. The molecule has 2 aromatic rings. The van der Waals surface area contributed by atoms with E-state index in [-0.39, 0.29) is 5.56 Å². The fourth-order valence-electron chi connectivity index (χ4n) is 1.27. The fourth-order valence-corrected chi connectivity index (χ4v) is 1.27. The van der Waals surface area contributed by atoms with Crippen LogP contribution in [0.1, 0.15) is 10.4 Å². The number of carboxylic acid groups (broad SMARTS) is 1. The van der Waals surface area contributed by atoms with Crippen molar-refractivity contribution in [2.45, 2.75) is 0 Å². The molecular weight excluding hydrogens is 194 g/mol. The monoisotopic (exact) mass is 203 g/mol. The standard InChI is InChI=1S/C10H9N3O2/c1-13-6-8(5-12-13)9-4-7(10(14)15)2-3-11-9/h2-6H,1H3,(H,14,15). The molecule has 5 heteroatoms. The zero-order chi connectivity index (χ0) is 10.8. The van der Waals surface area contributed by atoms with E-state index in [9.17, 15) is 4.79 Å². The quantitative estimate of drug-likeness (QED) is 0.795. The maximum Gasteiger partial charge on any atom is 0.335 e. The molecule has 0 saturated carbocycles. The number of carboxylic acids is 1. The zero-order valence-corrected chi connectivity index (χ0v) is 8.08. The lowest BCUT2D eigenvalue weighted by Gasteiger charge is -1.97. The Bertz CT molecular complexity index is 505. The molecule has 0 saturated heterocycles. The topological polar surface area (TPSA) is 68.0 Å². The summed E-state index contributed by atoms with van der Waals surface area (Å²) in [5.74, 6) is -0.956. The number of hydrogen-bond acceptors (Lipinski definition) is 3. The average molecular weight is 203 g/mol. The Morgan fingerprint density at radius 2 is 2.33 bits per heavy atom. The smallest absolute Gasteiger partial charge is 0.335 e.